The van der Waals surface area contributed by atoms with Crippen LogP contribution in [0.25, 0.3) is 11.1 Å². The fourth-order valence-electron chi connectivity index (χ4n) is 1.98. The first-order chi connectivity index (χ1) is 9.22. The number of ether oxygens (including phenoxy) is 3. The second kappa shape index (κ2) is 4.34. The fourth-order valence-corrected chi connectivity index (χ4v) is 1.98. The molecule has 2 heterocycles. The van der Waals surface area contributed by atoms with Gasteiger partial charge in [0.15, 0.2) is 11.5 Å². The summed E-state index contributed by atoms with van der Waals surface area (Å²) in [7, 11) is 1.36. The Kier molecular flexibility index (Phi) is 2.66. The van der Waals surface area contributed by atoms with Gasteiger partial charge in [0.05, 0.1) is 18.9 Å². The molecule has 0 atom stereocenters. The first-order valence-electron chi connectivity index (χ1n) is 5.59. The molecule has 7 heteroatoms. The highest BCUT2D eigenvalue weighted by Gasteiger charge is 2.26. The van der Waals surface area contributed by atoms with Gasteiger partial charge < -0.3 is 24.5 Å². The monoisotopic (exact) mass is 266 g/mol. The lowest BCUT2D eigenvalue weighted by molar-refractivity contribution is 0.162. The smallest absolute Gasteiger partial charge is 0.230 e. The zero-order valence-electron chi connectivity index (χ0n) is 10.1. The predicted molar refractivity (Wildman–Crippen MR) is 63.9 cm³/mol. The van der Waals surface area contributed by atoms with Gasteiger partial charge in [-0.1, -0.05) is 5.16 Å². The zero-order chi connectivity index (χ0) is 13.4. The van der Waals surface area contributed by atoms with E-state index in [1.165, 1.54) is 13.3 Å². The largest absolute Gasteiger partial charge is 0.493 e. The van der Waals surface area contributed by atoms with Crippen molar-refractivity contribution in [2.24, 2.45) is 0 Å². The van der Waals surface area contributed by atoms with Gasteiger partial charge in [0.1, 0.15) is 13.2 Å². The number of halogens is 1. The first kappa shape index (κ1) is 11.6. The molecular formula is C12H11FN2O4. The third kappa shape index (κ3) is 1.74. The van der Waals surface area contributed by atoms with Gasteiger partial charge in [-0.15, -0.1) is 0 Å². The highest BCUT2D eigenvalue weighted by atomic mass is 19.1. The van der Waals surface area contributed by atoms with Crippen LogP contribution in [0.15, 0.2) is 16.8 Å². The molecule has 1 aliphatic heterocycles. The Morgan fingerprint density at radius 2 is 2.11 bits per heavy atom. The molecule has 0 aliphatic carbocycles. The molecule has 1 aromatic carbocycles. The number of nitrogens with two attached hydrogens (primary N) is 1. The van der Waals surface area contributed by atoms with Crippen LogP contribution in [-0.2, 0) is 0 Å². The van der Waals surface area contributed by atoms with E-state index in [1.807, 2.05) is 0 Å². The first-order valence-corrected chi connectivity index (χ1v) is 5.59. The number of fused-ring (bicyclic) bond motifs is 1. The number of nitrogens with zero attached hydrogens (tertiary/aromatic N) is 1. The van der Waals surface area contributed by atoms with Crippen LogP contribution in [-0.4, -0.2) is 25.5 Å². The minimum absolute atomic E-state index is 0.0131. The molecule has 19 heavy (non-hydrogen) atoms. The van der Waals surface area contributed by atoms with Crippen molar-refractivity contribution in [3.63, 3.8) is 0 Å². The highest BCUT2D eigenvalue weighted by Crippen LogP contribution is 2.45. The summed E-state index contributed by atoms with van der Waals surface area (Å²) in [6.45, 7) is 0.652. The number of nitrogen functional groups attached to an aromatic ring is 1. The van der Waals surface area contributed by atoms with Gasteiger partial charge in [-0.2, -0.15) is 4.39 Å². The molecule has 2 aromatic rings. The maximum Gasteiger partial charge on any atom is 0.230 e. The summed E-state index contributed by atoms with van der Waals surface area (Å²) in [5.41, 5.74) is 6.49. The average molecular weight is 266 g/mol. The van der Waals surface area contributed by atoms with Crippen LogP contribution < -0.4 is 19.9 Å². The molecule has 0 unspecified atom stereocenters. The quantitative estimate of drug-likeness (QED) is 0.893. The molecule has 0 radical (unpaired) electrons. The standard InChI is InChI=1S/C12H11FN2O4/c1-16-10-6(7-5-15-19-12(7)14)4-8-11(9(10)13)18-3-2-17-8/h4-5H,2-3,14H2,1H3. The van der Waals surface area contributed by atoms with Crippen molar-refractivity contribution in [1.29, 1.82) is 0 Å². The van der Waals surface area contributed by atoms with E-state index < -0.39 is 5.82 Å². The van der Waals surface area contributed by atoms with Gasteiger partial charge >= 0.3 is 0 Å². The van der Waals surface area contributed by atoms with E-state index >= 15 is 0 Å². The van der Waals surface area contributed by atoms with Crippen molar-refractivity contribution in [2.75, 3.05) is 26.1 Å². The topological polar surface area (TPSA) is 79.7 Å². The normalized spacial score (nSPS) is 13.4. The number of anilines is 1. The number of aromatic nitrogens is 1. The van der Waals surface area contributed by atoms with Crippen molar-refractivity contribution >= 4 is 5.88 Å². The van der Waals surface area contributed by atoms with Crippen LogP contribution in [0, 0.1) is 5.82 Å². The van der Waals surface area contributed by atoms with E-state index in [0.29, 0.717) is 30.1 Å². The molecule has 0 fully saturated rings. The maximum absolute atomic E-state index is 14.3. The van der Waals surface area contributed by atoms with E-state index in [9.17, 15) is 4.39 Å². The minimum Gasteiger partial charge on any atom is -0.493 e. The third-order valence-corrected chi connectivity index (χ3v) is 2.82. The Bertz CT molecular complexity index is 626. The lowest BCUT2D eigenvalue weighted by Gasteiger charge is -2.21. The van der Waals surface area contributed by atoms with Crippen LogP contribution in [0.4, 0.5) is 10.3 Å². The predicted octanol–water partition coefficient (Wildman–Crippen LogP) is 1.84. The molecule has 3 rings (SSSR count). The molecule has 1 aliphatic rings. The maximum atomic E-state index is 14.3. The van der Waals surface area contributed by atoms with E-state index in [4.69, 9.17) is 24.5 Å². The van der Waals surface area contributed by atoms with Crippen LogP contribution in [0.1, 0.15) is 0 Å². The van der Waals surface area contributed by atoms with Gasteiger partial charge in [0, 0.05) is 5.56 Å². The lowest BCUT2D eigenvalue weighted by Crippen LogP contribution is -2.17. The number of hydrogen-bond donors (Lipinski definition) is 1. The van der Waals surface area contributed by atoms with Crippen LogP contribution in [0.3, 0.4) is 0 Å². The van der Waals surface area contributed by atoms with Gasteiger partial charge in [0.25, 0.3) is 0 Å². The summed E-state index contributed by atoms with van der Waals surface area (Å²) in [6.07, 6.45) is 1.39. The molecule has 0 amide bonds. The fraction of sp³-hybridized carbons (Fsp3) is 0.250. The van der Waals surface area contributed by atoms with Crippen molar-refractivity contribution in [2.45, 2.75) is 0 Å². The van der Waals surface area contributed by atoms with Crippen LogP contribution in [0.2, 0.25) is 0 Å². The Morgan fingerprint density at radius 1 is 1.32 bits per heavy atom. The van der Waals surface area contributed by atoms with E-state index in [0.717, 1.165) is 0 Å². The minimum atomic E-state index is -0.629. The van der Waals surface area contributed by atoms with Crippen molar-refractivity contribution in [3.05, 3.63) is 18.1 Å². The molecule has 0 saturated carbocycles. The number of benzene rings is 1. The Morgan fingerprint density at radius 3 is 2.79 bits per heavy atom. The third-order valence-electron chi connectivity index (χ3n) is 2.82. The van der Waals surface area contributed by atoms with Gasteiger partial charge in [-0.05, 0) is 6.07 Å². The molecule has 0 saturated heterocycles. The molecular weight excluding hydrogens is 255 g/mol. The number of methoxy groups -OCH3 is 1. The molecule has 2 N–H and O–H groups in total. The Hall–Kier alpha value is -2.44. The summed E-state index contributed by atoms with van der Waals surface area (Å²) in [5.74, 6) is -0.189. The van der Waals surface area contributed by atoms with Crippen LogP contribution >= 0.6 is 0 Å². The van der Waals surface area contributed by atoms with Crippen LogP contribution in [0.5, 0.6) is 17.2 Å². The van der Waals surface area contributed by atoms with E-state index in [-0.39, 0.29) is 17.4 Å². The van der Waals surface area contributed by atoms with E-state index in [1.54, 1.807) is 6.07 Å². The van der Waals surface area contributed by atoms with Gasteiger partial charge in [-0.3, -0.25) is 0 Å². The summed E-state index contributed by atoms with van der Waals surface area (Å²) in [4.78, 5) is 0. The highest BCUT2D eigenvalue weighted by molar-refractivity contribution is 5.80. The Balaban J connectivity index is 2.24. The SMILES string of the molecule is COc1c(-c2cnoc2N)cc2c(c1F)OCCO2. The van der Waals surface area contributed by atoms with Gasteiger partial charge in [-0.25, -0.2) is 0 Å². The molecule has 0 spiro atoms. The van der Waals surface area contributed by atoms with Crippen molar-refractivity contribution < 1.29 is 23.1 Å². The molecule has 6 nitrogen and oxygen atoms in total. The van der Waals surface area contributed by atoms with E-state index in [2.05, 4.69) is 5.16 Å². The molecule has 1 aromatic heterocycles. The Labute approximate surface area is 107 Å². The summed E-state index contributed by atoms with van der Waals surface area (Å²) in [6, 6.07) is 1.60. The average Bonchev–Trinajstić information content (AvgIpc) is 2.85. The molecule has 100 valence electrons. The second-order valence-corrected chi connectivity index (χ2v) is 3.90. The summed E-state index contributed by atoms with van der Waals surface area (Å²) in [5, 5.41) is 3.57. The van der Waals surface area contributed by atoms with Gasteiger partial charge in [0.2, 0.25) is 17.5 Å². The van der Waals surface area contributed by atoms with Crippen molar-refractivity contribution in [3.8, 4) is 28.4 Å². The lowest BCUT2D eigenvalue weighted by atomic mass is 10.1. The summed E-state index contributed by atoms with van der Waals surface area (Å²) < 4.78 is 34.8. The molecule has 0 bridgehead atoms. The van der Waals surface area contributed by atoms with Crippen molar-refractivity contribution in [1.82, 2.24) is 5.16 Å². The number of hydrogen-bond acceptors (Lipinski definition) is 6. The number of rotatable bonds is 2. The summed E-state index contributed by atoms with van der Waals surface area (Å²) >= 11 is 0. The zero-order valence-corrected chi connectivity index (χ0v) is 10.1. The second-order valence-electron chi connectivity index (χ2n) is 3.90.